The van der Waals surface area contributed by atoms with E-state index < -0.39 is 0 Å². The molecule has 0 saturated carbocycles. The molecule has 0 radical (unpaired) electrons. The van der Waals surface area contributed by atoms with Crippen LogP contribution in [0.1, 0.15) is 22.5 Å². The van der Waals surface area contributed by atoms with Crippen LogP contribution in [0.15, 0.2) is 72.8 Å². The first-order valence-corrected chi connectivity index (χ1v) is 9.83. The van der Waals surface area contributed by atoms with Crippen LogP contribution in [-0.4, -0.2) is 9.97 Å². The first-order valence-electron chi connectivity index (χ1n) is 9.83. The monoisotopic (exact) mass is 362 g/mol. The molecule has 0 bridgehead atoms. The first kappa shape index (κ1) is 16.9. The maximum absolute atomic E-state index is 4.95. The van der Waals surface area contributed by atoms with Crippen LogP contribution in [0.25, 0.3) is 33.6 Å². The summed E-state index contributed by atoms with van der Waals surface area (Å²) in [7, 11) is 0. The molecule has 0 N–H and O–H groups in total. The molecule has 0 fully saturated rings. The van der Waals surface area contributed by atoms with Crippen LogP contribution in [-0.2, 0) is 12.8 Å². The first-order chi connectivity index (χ1) is 13.7. The standard InChI is InChI=1S/C26H22N2/c1-17-15-23(19-9-5-3-6-10-19)21-13-14-22-24(20-11-7-4-8-12-20)16-18(2)28-26(22)25(21)27-17/h3-12,15-16H,13-14H2,1-2H3. The molecule has 0 amide bonds. The predicted octanol–water partition coefficient (Wildman–Crippen LogP) is 6.19. The zero-order valence-electron chi connectivity index (χ0n) is 16.2. The summed E-state index contributed by atoms with van der Waals surface area (Å²) in [6.45, 7) is 4.16. The van der Waals surface area contributed by atoms with Crippen molar-refractivity contribution in [2.45, 2.75) is 26.7 Å². The van der Waals surface area contributed by atoms with Crippen LogP contribution in [0, 0.1) is 13.8 Å². The number of pyridine rings is 2. The third kappa shape index (κ3) is 2.82. The highest BCUT2D eigenvalue weighted by atomic mass is 14.8. The molecular formula is C26H22N2. The second-order valence-electron chi connectivity index (χ2n) is 7.51. The van der Waals surface area contributed by atoms with E-state index in [0.717, 1.165) is 35.6 Å². The van der Waals surface area contributed by atoms with Gasteiger partial charge in [0.05, 0.1) is 11.4 Å². The average molecular weight is 362 g/mol. The van der Waals surface area contributed by atoms with Crippen molar-refractivity contribution in [1.29, 1.82) is 0 Å². The fourth-order valence-electron chi connectivity index (χ4n) is 4.30. The van der Waals surface area contributed by atoms with Gasteiger partial charge in [-0.2, -0.15) is 0 Å². The number of rotatable bonds is 2. The third-order valence-corrected chi connectivity index (χ3v) is 5.52. The van der Waals surface area contributed by atoms with Gasteiger partial charge in [0.15, 0.2) is 0 Å². The summed E-state index contributed by atoms with van der Waals surface area (Å²) in [6, 6.07) is 25.7. The Morgan fingerprint density at radius 2 is 0.964 bits per heavy atom. The lowest BCUT2D eigenvalue weighted by Gasteiger charge is -2.24. The maximum Gasteiger partial charge on any atom is 0.0930 e. The lowest BCUT2D eigenvalue weighted by molar-refractivity contribution is 0.906. The van der Waals surface area contributed by atoms with Gasteiger partial charge in [0.2, 0.25) is 0 Å². The lowest BCUT2D eigenvalue weighted by atomic mass is 9.83. The van der Waals surface area contributed by atoms with Gasteiger partial charge in [-0.1, -0.05) is 60.7 Å². The fraction of sp³-hybridized carbons (Fsp3) is 0.154. The smallest absolute Gasteiger partial charge is 0.0930 e. The van der Waals surface area contributed by atoms with Crippen molar-refractivity contribution in [2.75, 3.05) is 0 Å². The van der Waals surface area contributed by atoms with Crippen molar-refractivity contribution < 1.29 is 0 Å². The summed E-state index contributed by atoms with van der Waals surface area (Å²) in [4.78, 5) is 9.91. The normalized spacial score (nSPS) is 12.4. The Morgan fingerprint density at radius 3 is 1.36 bits per heavy atom. The quantitative estimate of drug-likeness (QED) is 0.425. The number of hydrogen-bond donors (Lipinski definition) is 0. The van der Waals surface area contributed by atoms with Gasteiger partial charge in [-0.25, -0.2) is 0 Å². The van der Waals surface area contributed by atoms with E-state index in [9.17, 15) is 0 Å². The maximum atomic E-state index is 4.95. The molecule has 2 aromatic heterocycles. The summed E-state index contributed by atoms with van der Waals surface area (Å²) < 4.78 is 0. The lowest BCUT2D eigenvalue weighted by Crippen LogP contribution is -2.12. The van der Waals surface area contributed by atoms with Crippen LogP contribution < -0.4 is 0 Å². The SMILES string of the molecule is Cc1cc(-c2ccccc2)c2c(n1)-c1nc(C)cc(-c3ccccc3)c1CC2. The van der Waals surface area contributed by atoms with Crippen molar-refractivity contribution in [2.24, 2.45) is 0 Å². The van der Waals surface area contributed by atoms with E-state index in [1.165, 1.54) is 33.4 Å². The highest BCUT2D eigenvalue weighted by molar-refractivity contribution is 5.82. The molecule has 0 saturated heterocycles. The van der Waals surface area contributed by atoms with E-state index in [2.05, 4.69) is 86.6 Å². The number of fused-ring (bicyclic) bond motifs is 3. The second kappa shape index (κ2) is 6.72. The molecule has 2 heteroatoms. The van der Waals surface area contributed by atoms with Gasteiger partial charge < -0.3 is 0 Å². The largest absolute Gasteiger partial charge is 0.251 e. The Balaban J connectivity index is 1.77. The van der Waals surface area contributed by atoms with Gasteiger partial charge in [0.25, 0.3) is 0 Å². The molecule has 0 aliphatic heterocycles. The predicted molar refractivity (Wildman–Crippen MR) is 115 cm³/mol. The van der Waals surface area contributed by atoms with Crippen molar-refractivity contribution in [3.63, 3.8) is 0 Å². The van der Waals surface area contributed by atoms with Gasteiger partial charge in [-0.05, 0) is 72.2 Å². The summed E-state index contributed by atoms with van der Waals surface area (Å²) in [5.74, 6) is 0. The zero-order valence-corrected chi connectivity index (χ0v) is 16.2. The molecule has 5 rings (SSSR count). The van der Waals surface area contributed by atoms with Gasteiger partial charge in [0, 0.05) is 11.4 Å². The van der Waals surface area contributed by atoms with Gasteiger partial charge in [0.1, 0.15) is 0 Å². The Kier molecular flexibility index (Phi) is 4.05. The van der Waals surface area contributed by atoms with Crippen LogP contribution in [0.2, 0.25) is 0 Å². The van der Waals surface area contributed by atoms with Crippen LogP contribution in [0.5, 0.6) is 0 Å². The van der Waals surface area contributed by atoms with Crippen molar-refractivity contribution in [3.05, 3.63) is 95.3 Å². The topological polar surface area (TPSA) is 25.8 Å². The number of nitrogens with zero attached hydrogens (tertiary/aromatic N) is 2. The van der Waals surface area contributed by atoms with Crippen LogP contribution in [0.3, 0.4) is 0 Å². The van der Waals surface area contributed by atoms with Crippen LogP contribution in [0.4, 0.5) is 0 Å². The van der Waals surface area contributed by atoms with Crippen molar-refractivity contribution in [3.8, 4) is 33.6 Å². The van der Waals surface area contributed by atoms with Crippen molar-refractivity contribution >= 4 is 0 Å². The summed E-state index contributed by atoms with van der Waals surface area (Å²) in [5.41, 5.74) is 11.9. The zero-order chi connectivity index (χ0) is 19.1. The molecule has 136 valence electrons. The van der Waals surface area contributed by atoms with E-state index in [1.54, 1.807) is 0 Å². The molecule has 4 aromatic rings. The molecule has 2 aromatic carbocycles. The minimum Gasteiger partial charge on any atom is -0.251 e. The Bertz CT molecular complexity index is 1070. The van der Waals surface area contributed by atoms with Crippen molar-refractivity contribution in [1.82, 2.24) is 9.97 Å². The number of hydrogen-bond acceptors (Lipinski definition) is 2. The Labute approximate surface area is 165 Å². The Hall–Kier alpha value is -3.26. The summed E-state index contributed by atoms with van der Waals surface area (Å²) >= 11 is 0. The van der Waals surface area contributed by atoms with E-state index in [-0.39, 0.29) is 0 Å². The minimum absolute atomic E-state index is 0.990. The molecule has 0 atom stereocenters. The van der Waals surface area contributed by atoms with Crippen LogP contribution >= 0.6 is 0 Å². The van der Waals surface area contributed by atoms with E-state index in [4.69, 9.17) is 9.97 Å². The van der Waals surface area contributed by atoms with E-state index in [0.29, 0.717) is 0 Å². The molecular weight excluding hydrogens is 340 g/mol. The van der Waals surface area contributed by atoms with Gasteiger partial charge >= 0.3 is 0 Å². The molecule has 1 aliphatic carbocycles. The van der Waals surface area contributed by atoms with Gasteiger partial charge in [-0.3, -0.25) is 9.97 Å². The second-order valence-corrected chi connectivity index (χ2v) is 7.51. The van der Waals surface area contributed by atoms with E-state index >= 15 is 0 Å². The molecule has 28 heavy (non-hydrogen) atoms. The Morgan fingerprint density at radius 1 is 0.571 bits per heavy atom. The highest BCUT2D eigenvalue weighted by Gasteiger charge is 2.25. The third-order valence-electron chi connectivity index (χ3n) is 5.52. The fourth-order valence-corrected chi connectivity index (χ4v) is 4.30. The number of aromatic nitrogens is 2. The minimum atomic E-state index is 0.990. The molecule has 0 unspecified atom stereocenters. The van der Waals surface area contributed by atoms with Gasteiger partial charge in [-0.15, -0.1) is 0 Å². The molecule has 0 spiro atoms. The molecule has 2 nitrogen and oxygen atoms in total. The highest BCUT2D eigenvalue weighted by Crippen LogP contribution is 2.40. The number of benzene rings is 2. The molecule has 2 heterocycles. The average Bonchev–Trinajstić information content (AvgIpc) is 2.74. The molecule has 1 aliphatic rings. The summed E-state index contributed by atoms with van der Waals surface area (Å²) in [6.07, 6.45) is 1.98. The number of aryl methyl sites for hydroxylation is 2. The summed E-state index contributed by atoms with van der Waals surface area (Å²) in [5, 5.41) is 0. The van der Waals surface area contributed by atoms with E-state index in [1.807, 2.05) is 0 Å².